The highest BCUT2D eigenvalue weighted by Gasteiger charge is 2.57. The van der Waals surface area contributed by atoms with Crippen molar-refractivity contribution in [2.45, 2.75) is 64.7 Å². The maximum Gasteiger partial charge on any atom is 0.226 e. The first-order valence-electron chi connectivity index (χ1n) is 12.3. The molecule has 3 aliphatic carbocycles. The first kappa shape index (κ1) is 24.8. The summed E-state index contributed by atoms with van der Waals surface area (Å²) in [5, 5.41) is 19.1. The van der Waals surface area contributed by atoms with Crippen molar-refractivity contribution >= 4 is 51.3 Å². The monoisotopic (exact) mass is 535 g/mol. The molecule has 5 rings (SSSR count). The topological polar surface area (TPSA) is 83.8 Å². The molecule has 0 bridgehead atoms. The highest BCUT2D eigenvalue weighted by atomic mass is 35.5. The average molecular weight is 537 g/mol. The number of thiazole rings is 1. The van der Waals surface area contributed by atoms with Crippen molar-refractivity contribution < 1.29 is 14.7 Å². The number of rotatable bonds is 5. The van der Waals surface area contributed by atoms with Gasteiger partial charge in [0.25, 0.3) is 0 Å². The highest BCUT2D eigenvalue weighted by molar-refractivity contribution is 7.15. The fraction of sp³-hybridized carbons (Fsp3) is 0.577. The van der Waals surface area contributed by atoms with Crippen LogP contribution in [0.3, 0.4) is 0 Å². The Morgan fingerprint density at radius 2 is 2.20 bits per heavy atom. The predicted octanol–water partition coefficient (Wildman–Crippen LogP) is 6.97. The molecule has 0 radical (unpaired) electrons. The van der Waals surface area contributed by atoms with E-state index in [2.05, 4.69) is 22.4 Å². The zero-order valence-corrected chi connectivity index (χ0v) is 22.6. The molecule has 0 saturated heterocycles. The number of phenols is 1. The van der Waals surface area contributed by atoms with Crippen LogP contribution >= 0.6 is 34.5 Å². The minimum atomic E-state index is -0.0489. The molecule has 1 heterocycles. The number of aryl methyl sites for hydroxylation is 1. The van der Waals surface area contributed by atoms with Crippen LogP contribution in [0, 0.1) is 30.1 Å². The SMILES string of the molecule is CON=C1C[C@@H](CCC(=O)Nc2ncc(C)s2)C2C3CCc4c(cc(Cl)c(O)c4Cl)C3CC[C@]12C. The molecule has 1 aromatic heterocycles. The number of hydrogen-bond acceptors (Lipinski definition) is 6. The maximum absolute atomic E-state index is 12.7. The van der Waals surface area contributed by atoms with E-state index >= 15 is 0 Å². The first-order chi connectivity index (χ1) is 16.7. The normalized spacial score (nSPS) is 30.5. The molecule has 1 amide bonds. The number of nitrogens with zero attached hydrogens (tertiary/aromatic N) is 2. The number of fused-ring (bicyclic) bond motifs is 5. The Kier molecular flexibility index (Phi) is 6.79. The van der Waals surface area contributed by atoms with Crippen molar-refractivity contribution in [1.82, 2.24) is 4.98 Å². The summed E-state index contributed by atoms with van der Waals surface area (Å²) < 4.78 is 0. The number of benzene rings is 1. The summed E-state index contributed by atoms with van der Waals surface area (Å²) in [6, 6.07) is 1.93. The van der Waals surface area contributed by atoms with E-state index in [1.807, 2.05) is 13.0 Å². The summed E-state index contributed by atoms with van der Waals surface area (Å²) in [5.74, 6) is 1.51. The molecule has 35 heavy (non-hydrogen) atoms. The third kappa shape index (κ3) is 4.34. The fourth-order valence-corrected chi connectivity index (χ4v) is 8.39. The fourth-order valence-electron chi connectivity index (χ4n) is 7.15. The lowest BCUT2D eigenvalue weighted by atomic mass is 9.54. The van der Waals surface area contributed by atoms with Crippen molar-refractivity contribution in [3.63, 3.8) is 0 Å². The lowest BCUT2D eigenvalue weighted by Gasteiger charge is -2.50. The minimum Gasteiger partial charge on any atom is -0.505 e. The van der Waals surface area contributed by atoms with Gasteiger partial charge in [-0.1, -0.05) is 35.3 Å². The summed E-state index contributed by atoms with van der Waals surface area (Å²) in [6.45, 7) is 4.31. The lowest BCUT2D eigenvalue weighted by molar-refractivity contribution is -0.116. The van der Waals surface area contributed by atoms with Gasteiger partial charge in [0.05, 0.1) is 15.8 Å². The number of carbonyl (C=O) groups is 1. The Morgan fingerprint density at radius 3 is 2.91 bits per heavy atom. The first-order valence-corrected chi connectivity index (χ1v) is 13.8. The van der Waals surface area contributed by atoms with E-state index in [9.17, 15) is 9.90 Å². The van der Waals surface area contributed by atoms with Gasteiger partial charge in [-0.25, -0.2) is 4.98 Å². The van der Waals surface area contributed by atoms with Crippen LogP contribution in [0.5, 0.6) is 5.75 Å². The number of hydrogen-bond donors (Lipinski definition) is 2. The predicted molar refractivity (Wildman–Crippen MR) is 141 cm³/mol. The van der Waals surface area contributed by atoms with Gasteiger partial charge in [0.2, 0.25) is 5.91 Å². The number of nitrogens with one attached hydrogen (secondary N) is 1. The molecule has 9 heteroatoms. The number of oxime groups is 1. The molecule has 2 saturated carbocycles. The van der Waals surface area contributed by atoms with Crippen LogP contribution in [0.4, 0.5) is 5.13 Å². The van der Waals surface area contributed by atoms with Gasteiger partial charge in [-0.3, -0.25) is 4.79 Å². The largest absolute Gasteiger partial charge is 0.505 e. The van der Waals surface area contributed by atoms with Crippen LogP contribution in [-0.2, 0) is 16.1 Å². The number of halogens is 2. The molecule has 5 atom stereocenters. The van der Waals surface area contributed by atoms with Crippen molar-refractivity contribution in [3.05, 3.63) is 38.3 Å². The van der Waals surface area contributed by atoms with Crippen molar-refractivity contribution in [1.29, 1.82) is 0 Å². The third-order valence-electron chi connectivity index (χ3n) is 8.58. The summed E-state index contributed by atoms with van der Waals surface area (Å²) in [6.07, 6.45) is 7.71. The van der Waals surface area contributed by atoms with Crippen LogP contribution in [0.2, 0.25) is 10.0 Å². The van der Waals surface area contributed by atoms with Gasteiger partial charge in [-0.05, 0) is 86.3 Å². The Morgan fingerprint density at radius 1 is 1.40 bits per heavy atom. The van der Waals surface area contributed by atoms with Gasteiger partial charge in [0.1, 0.15) is 7.11 Å². The zero-order chi connectivity index (χ0) is 24.9. The molecule has 0 spiro atoms. The molecule has 2 fully saturated rings. The van der Waals surface area contributed by atoms with Crippen molar-refractivity contribution in [2.24, 2.45) is 28.3 Å². The molecule has 2 aromatic rings. The van der Waals surface area contributed by atoms with Crippen molar-refractivity contribution in [2.75, 3.05) is 12.4 Å². The van der Waals surface area contributed by atoms with Gasteiger partial charge in [0, 0.05) is 22.9 Å². The molecule has 1 aromatic carbocycles. The Bertz CT molecular complexity index is 1180. The van der Waals surface area contributed by atoms with Gasteiger partial charge in [-0.2, -0.15) is 0 Å². The summed E-state index contributed by atoms with van der Waals surface area (Å²) in [4.78, 5) is 23.3. The average Bonchev–Trinajstić information content (AvgIpc) is 3.36. The van der Waals surface area contributed by atoms with Crippen LogP contribution in [0.25, 0.3) is 0 Å². The Balaban J connectivity index is 1.41. The maximum atomic E-state index is 12.7. The summed E-state index contributed by atoms with van der Waals surface area (Å²) >= 11 is 14.4. The van der Waals surface area contributed by atoms with Gasteiger partial charge < -0.3 is 15.3 Å². The number of aromatic hydroxyl groups is 1. The Hall–Kier alpha value is -1.83. The summed E-state index contributed by atoms with van der Waals surface area (Å²) in [5.41, 5.74) is 3.30. The number of amides is 1. The second kappa shape index (κ2) is 9.56. The number of anilines is 1. The lowest BCUT2D eigenvalue weighted by Crippen LogP contribution is -2.44. The van der Waals surface area contributed by atoms with E-state index < -0.39 is 0 Å². The standard InChI is InChI=1S/C26H31Cl2N3O3S/c1-13-12-29-25(35-13)30-21(32)7-4-14-10-20(31-34-3)26(2)9-8-15-16(22(14)26)5-6-17-18(15)11-19(27)24(33)23(17)28/h11-12,14-16,22,33H,4-10H2,1-3H3,(H,29,30,32)/t14-,15?,16?,22?,26-/m1/s1. The zero-order valence-electron chi connectivity index (χ0n) is 20.2. The second-order valence-electron chi connectivity index (χ2n) is 10.4. The van der Waals surface area contributed by atoms with Gasteiger partial charge in [-0.15, -0.1) is 11.3 Å². The van der Waals surface area contributed by atoms with Crippen LogP contribution in [0.1, 0.15) is 67.4 Å². The summed E-state index contributed by atoms with van der Waals surface area (Å²) in [7, 11) is 1.61. The minimum absolute atomic E-state index is 0.00794. The molecule has 2 N–H and O–H groups in total. The van der Waals surface area contributed by atoms with Crippen molar-refractivity contribution in [3.8, 4) is 5.75 Å². The molecule has 3 unspecified atom stereocenters. The van der Waals surface area contributed by atoms with Crippen LogP contribution in [0.15, 0.2) is 17.4 Å². The quantitative estimate of drug-likeness (QED) is 0.405. The molecule has 6 nitrogen and oxygen atoms in total. The molecular formula is C26H31Cl2N3O3S. The van der Waals surface area contributed by atoms with Gasteiger partial charge in [0.15, 0.2) is 10.9 Å². The van der Waals surface area contributed by atoms with Gasteiger partial charge >= 0.3 is 0 Å². The highest BCUT2D eigenvalue weighted by Crippen LogP contribution is 2.63. The van der Waals surface area contributed by atoms with E-state index in [0.717, 1.165) is 54.7 Å². The number of phenolic OH excluding ortho intramolecular Hbond substituents is 1. The van der Waals surface area contributed by atoms with Crippen LogP contribution in [-0.4, -0.2) is 28.8 Å². The molecule has 3 aliphatic rings. The smallest absolute Gasteiger partial charge is 0.226 e. The van der Waals surface area contributed by atoms with E-state index in [-0.39, 0.29) is 17.1 Å². The molecular weight excluding hydrogens is 505 g/mol. The van der Waals surface area contributed by atoms with E-state index in [0.29, 0.717) is 45.3 Å². The Labute approximate surface area is 220 Å². The van der Waals surface area contributed by atoms with E-state index in [1.54, 1.807) is 13.3 Å². The third-order valence-corrected chi connectivity index (χ3v) is 10.1. The number of aromatic nitrogens is 1. The van der Waals surface area contributed by atoms with E-state index in [1.165, 1.54) is 16.9 Å². The van der Waals surface area contributed by atoms with Crippen LogP contribution < -0.4 is 5.32 Å². The second-order valence-corrected chi connectivity index (χ2v) is 12.4. The molecule has 188 valence electrons. The van der Waals surface area contributed by atoms with E-state index in [4.69, 9.17) is 28.0 Å². The molecule has 0 aliphatic heterocycles. The number of carbonyl (C=O) groups excluding carboxylic acids is 1.